The number of hydrogen-bond donors (Lipinski definition) is 1. The van der Waals surface area contributed by atoms with Crippen molar-refractivity contribution in [3.05, 3.63) is 59.8 Å². The van der Waals surface area contributed by atoms with Gasteiger partial charge in [-0.15, -0.1) is 0 Å². The minimum Gasteiger partial charge on any atom is -0.372 e. The van der Waals surface area contributed by atoms with Crippen LogP contribution >= 0.6 is 0 Å². The largest absolute Gasteiger partial charge is 0.372 e. The molecule has 0 saturated carbocycles. The van der Waals surface area contributed by atoms with E-state index in [9.17, 15) is 0 Å². The molecule has 0 aliphatic rings. The van der Waals surface area contributed by atoms with E-state index in [4.69, 9.17) is 10.00 Å². The highest BCUT2D eigenvalue weighted by molar-refractivity contribution is 5.38. The van der Waals surface area contributed by atoms with Crippen molar-refractivity contribution in [1.82, 2.24) is 4.98 Å². The number of ether oxygens (including phenoxy) is 1. The fraction of sp³-hybridized carbons (Fsp3) is 0.250. The molecule has 4 heteroatoms. The van der Waals surface area contributed by atoms with Gasteiger partial charge in [-0.2, -0.15) is 5.26 Å². The van der Waals surface area contributed by atoms with E-state index in [-0.39, 0.29) is 6.10 Å². The van der Waals surface area contributed by atoms with Crippen molar-refractivity contribution >= 4 is 5.82 Å². The van der Waals surface area contributed by atoms with Gasteiger partial charge in [0.15, 0.2) is 0 Å². The van der Waals surface area contributed by atoms with Crippen molar-refractivity contribution in [1.29, 1.82) is 5.26 Å². The Kier molecular flexibility index (Phi) is 5.10. The Morgan fingerprint density at radius 3 is 2.70 bits per heavy atom. The molecule has 1 aromatic heterocycles. The second-order valence-corrected chi connectivity index (χ2v) is 4.26. The van der Waals surface area contributed by atoms with Gasteiger partial charge in [0.05, 0.1) is 6.10 Å². The molecule has 2 aromatic rings. The van der Waals surface area contributed by atoms with Gasteiger partial charge < -0.3 is 10.1 Å². The van der Waals surface area contributed by atoms with E-state index in [0.29, 0.717) is 24.7 Å². The average Bonchev–Trinajstić information content (AvgIpc) is 2.52. The zero-order valence-electron chi connectivity index (χ0n) is 11.4. The van der Waals surface area contributed by atoms with Gasteiger partial charge in [0.25, 0.3) is 0 Å². The summed E-state index contributed by atoms with van der Waals surface area (Å²) in [6, 6.07) is 17.4. The molecule has 0 fully saturated rings. The van der Waals surface area contributed by atoms with Crippen LogP contribution < -0.4 is 5.32 Å². The predicted octanol–water partition coefficient (Wildman–Crippen LogP) is 3.14. The summed E-state index contributed by atoms with van der Waals surface area (Å²) in [5.74, 6) is 0.685. The smallest absolute Gasteiger partial charge is 0.142 e. The summed E-state index contributed by atoms with van der Waals surface area (Å²) in [4.78, 5) is 4.19. The number of anilines is 1. The van der Waals surface area contributed by atoms with Gasteiger partial charge in [-0.05, 0) is 24.6 Å². The topological polar surface area (TPSA) is 57.9 Å². The van der Waals surface area contributed by atoms with Gasteiger partial charge in [-0.3, -0.25) is 0 Å². The molecule has 2 rings (SSSR count). The lowest BCUT2D eigenvalue weighted by Crippen LogP contribution is -2.16. The van der Waals surface area contributed by atoms with Crippen LogP contribution in [-0.2, 0) is 4.74 Å². The Balaban J connectivity index is 2.04. The first-order chi connectivity index (χ1) is 9.83. The zero-order chi connectivity index (χ0) is 14.2. The van der Waals surface area contributed by atoms with E-state index < -0.39 is 0 Å². The predicted molar refractivity (Wildman–Crippen MR) is 78.3 cm³/mol. The molecule has 1 atom stereocenters. The van der Waals surface area contributed by atoms with Crippen LogP contribution in [0.25, 0.3) is 0 Å². The first-order valence-corrected chi connectivity index (χ1v) is 6.61. The molecule has 0 aliphatic carbocycles. The Labute approximate surface area is 119 Å². The number of nitriles is 1. The molecule has 4 nitrogen and oxygen atoms in total. The highest BCUT2D eigenvalue weighted by Crippen LogP contribution is 2.17. The molecular formula is C16H17N3O. The third-order valence-corrected chi connectivity index (χ3v) is 2.87. The number of pyridine rings is 1. The van der Waals surface area contributed by atoms with Crippen LogP contribution in [0.3, 0.4) is 0 Å². The van der Waals surface area contributed by atoms with Gasteiger partial charge in [-0.25, -0.2) is 4.98 Å². The van der Waals surface area contributed by atoms with Gasteiger partial charge >= 0.3 is 0 Å². The van der Waals surface area contributed by atoms with Gasteiger partial charge in [0.2, 0.25) is 0 Å². The van der Waals surface area contributed by atoms with Crippen LogP contribution in [-0.4, -0.2) is 18.1 Å². The van der Waals surface area contributed by atoms with Crippen molar-refractivity contribution in [2.45, 2.75) is 13.0 Å². The van der Waals surface area contributed by atoms with Crippen LogP contribution in [0.4, 0.5) is 5.82 Å². The van der Waals surface area contributed by atoms with Crippen LogP contribution in [0.1, 0.15) is 24.3 Å². The summed E-state index contributed by atoms with van der Waals surface area (Å²) in [6.07, 6.45) is -0.0336. The van der Waals surface area contributed by atoms with Crippen LogP contribution in [0.5, 0.6) is 0 Å². The molecule has 20 heavy (non-hydrogen) atoms. The number of nitrogens with one attached hydrogen (secondary N) is 1. The molecule has 0 bridgehead atoms. The minimum atomic E-state index is -0.0336. The molecule has 0 radical (unpaired) electrons. The van der Waals surface area contributed by atoms with E-state index in [1.165, 1.54) is 0 Å². The lowest BCUT2D eigenvalue weighted by molar-refractivity contribution is 0.0718. The third kappa shape index (κ3) is 3.81. The zero-order valence-corrected chi connectivity index (χ0v) is 11.4. The number of nitrogens with zero attached hydrogens (tertiary/aromatic N) is 2. The Hall–Kier alpha value is -2.38. The van der Waals surface area contributed by atoms with E-state index in [2.05, 4.69) is 10.3 Å². The van der Waals surface area contributed by atoms with Crippen molar-refractivity contribution in [3.63, 3.8) is 0 Å². The van der Waals surface area contributed by atoms with E-state index in [1.807, 2.05) is 55.5 Å². The summed E-state index contributed by atoms with van der Waals surface area (Å²) in [5.41, 5.74) is 1.53. The fourth-order valence-electron chi connectivity index (χ4n) is 1.93. The summed E-state index contributed by atoms with van der Waals surface area (Å²) in [6.45, 7) is 3.23. The monoisotopic (exact) mass is 267 g/mol. The molecule has 0 saturated heterocycles. The second kappa shape index (κ2) is 7.27. The molecule has 0 spiro atoms. The Morgan fingerprint density at radius 1 is 1.20 bits per heavy atom. The molecule has 0 amide bonds. The molecule has 1 unspecified atom stereocenters. The normalized spacial score (nSPS) is 11.6. The maximum Gasteiger partial charge on any atom is 0.142 e. The summed E-state index contributed by atoms with van der Waals surface area (Å²) in [7, 11) is 0. The quantitative estimate of drug-likeness (QED) is 0.873. The molecule has 0 aliphatic heterocycles. The van der Waals surface area contributed by atoms with Crippen LogP contribution in [0.2, 0.25) is 0 Å². The maximum absolute atomic E-state index is 8.84. The molecule has 102 valence electrons. The summed E-state index contributed by atoms with van der Waals surface area (Å²) < 4.78 is 5.75. The van der Waals surface area contributed by atoms with Crippen molar-refractivity contribution in [2.24, 2.45) is 0 Å². The van der Waals surface area contributed by atoms with Crippen molar-refractivity contribution in [3.8, 4) is 6.07 Å². The molecule has 1 aromatic carbocycles. The highest BCUT2D eigenvalue weighted by Gasteiger charge is 2.11. The van der Waals surface area contributed by atoms with Crippen molar-refractivity contribution < 1.29 is 4.74 Å². The molecule has 1 heterocycles. The lowest BCUT2D eigenvalue weighted by Gasteiger charge is -2.18. The van der Waals surface area contributed by atoms with Crippen LogP contribution in [0.15, 0.2) is 48.5 Å². The van der Waals surface area contributed by atoms with Gasteiger partial charge in [0, 0.05) is 13.2 Å². The SMILES string of the molecule is CCOC(CNc1cccc(C#N)n1)c1ccccc1. The van der Waals surface area contributed by atoms with Gasteiger partial charge in [-0.1, -0.05) is 36.4 Å². The Morgan fingerprint density at radius 2 is 2.00 bits per heavy atom. The molecule has 1 N–H and O–H groups in total. The minimum absolute atomic E-state index is 0.0336. The van der Waals surface area contributed by atoms with E-state index in [1.54, 1.807) is 6.07 Å². The highest BCUT2D eigenvalue weighted by atomic mass is 16.5. The number of rotatable bonds is 6. The Bertz CT molecular complexity index is 578. The maximum atomic E-state index is 8.84. The number of aromatic nitrogens is 1. The average molecular weight is 267 g/mol. The van der Waals surface area contributed by atoms with Crippen LogP contribution in [0, 0.1) is 11.3 Å². The first kappa shape index (κ1) is 14.0. The molecular weight excluding hydrogens is 250 g/mol. The summed E-state index contributed by atoms with van der Waals surface area (Å²) in [5, 5.41) is 12.1. The summed E-state index contributed by atoms with van der Waals surface area (Å²) >= 11 is 0. The first-order valence-electron chi connectivity index (χ1n) is 6.61. The lowest BCUT2D eigenvalue weighted by atomic mass is 10.1. The van der Waals surface area contributed by atoms with Crippen molar-refractivity contribution in [2.75, 3.05) is 18.5 Å². The van der Waals surface area contributed by atoms with Gasteiger partial charge in [0.1, 0.15) is 17.6 Å². The second-order valence-electron chi connectivity index (χ2n) is 4.26. The number of hydrogen-bond acceptors (Lipinski definition) is 4. The van der Waals surface area contributed by atoms with E-state index >= 15 is 0 Å². The fourth-order valence-corrected chi connectivity index (χ4v) is 1.93. The van der Waals surface area contributed by atoms with E-state index in [0.717, 1.165) is 5.56 Å². The number of benzene rings is 1. The standard InChI is InChI=1S/C16H17N3O/c1-2-20-15(13-7-4-3-5-8-13)12-18-16-10-6-9-14(11-17)19-16/h3-10,15H,2,12H2,1H3,(H,18,19). The third-order valence-electron chi connectivity index (χ3n) is 2.87.